The van der Waals surface area contributed by atoms with Crippen LogP contribution in [-0.4, -0.2) is 89.6 Å². The number of rotatable bonds is 15. The number of hydrogen-bond donors (Lipinski definition) is 1. The van der Waals surface area contributed by atoms with Crippen LogP contribution in [0.15, 0.2) is 12.2 Å². The molecule has 0 aliphatic heterocycles. The molecule has 0 aliphatic carbocycles. The largest absolute Gasteiger partial charge is 0.467 e. The van der Waals surface area contributed by atoms with Crippen molar-refractivity contribution in [3.8, 4) is 0 Å². The minimum Gasteiger partial charge on any atom is -0.467 e. The van der Waals surface area contributed by atoms with Crippen molar-refractivity contribution >= 4 is 35.6 Å². The maximum absolute atomic E-state index is 13.7. The highest BCUT2D eigenvalue weighted by Crippen LogP contribution is 2.60. The summed E-state index contributed by atoms with van der Waals surface area (Å²) in [5.74, 6) is -38.8. The van der Waals surface area contributed by atoms with E-state index in [0.29, 0.717) is 11.8 Å². The van der Waals surface area contributed by atoms with E-state index in [1.54, 1.807) is 20.8 Å². The predicted octanol–water partition coefficient (Wildman–Crippen LogP) is 7.20. The molecule has 20 heteroatoms. The van der Waals surface area contributed by atoms with Gasteiger partial charge in [0.15, 0.2) is 0 Å². The van der Waals surface area contributed by atoms with Crippen LogP contribution in [0.2, 0.25) is 0 Å². The Morgan fingerprint density at radius 1 is 0.756 bits per heavy atom. The van der Waals surface area contributed by atoms with Crippen LogP contribution in [-0.2, 0) is 14.3 Å². The third-order valence-corrected chi connectivity index (χ3v) is 6.53. The monoisotopic (exact) mass is 667 g/mol. The summed E-state index contributed by atoms with van der Waals surface area (Å²) >= 11 is 1.46. The third-order valence-electron chi connectivity index (χ3n) is 4.61. The zero-order chi connectivity index (χ0) is 32.7. The number of alkyl halides is 13. The molecular formula is C21H26F13NO4S2. The smallest absolute Gasteiger partial charge is 0.460 e. The molecule has 0 radical (unpaired) electrons. The summed E-state index contributed by atoms with van der Waals surface area (Å²) in [4.78, 5) is 23.6. The minimum atomic E-state index is -7.91. The van der Waals surface area contributed by atoms with Gasteiger partial charge in [-0.25, -0.2) is 9.59 Å². The molecule has 0 aliphatic rings. The fourth-order valence-corrected chi connectivity index (χ4v) is 4.16. The van der Waals surface area contributed by atoms with Crippen molar-refractivity contribution in [3.05, 3.63) is 12.2 Å². The molecule has 0 aromatic rings. The van der Waals surface area contributed by atoms with E-state index >= 15 is 0 Å². The number of ether oxygens (including phenoxy) is 2. The molecule has 0 saturated heterocycles. The first-order valence-corrected chi connectivity index (χ1v) is 13.3. The van der Waals surface area contributed by atoms with Gasteiger partial charge in [-0.3, -0.25) is 0 Å². The lowest BCUT2D eigenvalue weighted by Gasteiger charge is -2.39. The number of halogens is 13. The summed E-state index contributed by atoms with van der Waals surface area (Å²) in [6, 6.07) is -1.12. The highest BCUT2D eigenvalue weighted by atomic mass is 32.2. The molecule has 41 heavy (non-hydrogen) atoms. The van der Waals surface area contributed by atoms with E-state index in [9.17, 15) is 66.7 Å². The zero-order valence-corrected chi connectivity index (χ0v) is 23.3. The first-order valence-electron chi connectivity index (χ1n) is 11.0. The lowest BCUT2D eigenvalue weighted by atomic mass is 9.93. The second kappa shape index (κ2) is 14.2. The number of methoxy groups -OCH3 is 1. The Balaban J connectivity index is 4.94. The highest BCUT2D eigenvalue weighted by Gasteiger charge is 2.90. The van der Waals surface area contributed by atoms with Gasteiger partial charge in [0.2, 0.25) is 0 Å². The minimum absolute atomic E-state index is 0.0169. The Morgan fingerprint density at radius 2 is 1.22 bits per heavy atom. The van der Waals surface area contributed by atoms with Gasteiger partial charge < -0.3 is 14.8 Å². The quantitative estimate of drug-likeness (QED) is 0.0863. The van der Waals surface area contributed by atoms with Crippen molar-refractivity contribution < 1.29 is 76.1 Å². The number of alkyl carbamates (subject to hydrolysis) is 1. The maximum Gasteiger partial charge on any atom is 0.460 e. The molecule has 0 fully saturated rings. The van der Waals surface area contributed by atoms with E-state index < -0.39 is 71.7 Å². The van der Waals surface area contributed by atoms with Gasteiger partial charge in [0.05, 0.1) is 7.11 Å². The molecule has 1 N–H and O–H groups in total. The van der Waals surface area contributed by atoms with Crippen molar-refractivity contribution in [1.82, 2.24) is 5.32 Å². The third kappa shape index (κ3) is 9.91. The van der Waals surface area contributed by atoms with Crippen molar-refractivity contribution in [2.24, 2.45) is 0 Å². The van der Waals surface area contributed by atoms with Crippen molar-refractivity contribution in [1.29, 1.82) is 0 Å². The van der Waals surface area contributed by atoms with Crippen LogP contribution in [0.3, 0.4) is 0 Å². The van der Waals surface area contributed by atoms with E-state index in [0.717, 1.165) is 18.9 Å². The van der Waals surface area contributed by atoms with E-state index in [1.165, 1.54) is 12.2 Å². The zero-order valence-electron chi connectivity index (χ0n) is 21.6. The SMILES string of the molecule is COC(=O)[C@H](CSC/C=C/CSCCC(F)(F)C(F)(F)C(F)(F)C(F)(F)C(F)(F)C(F)(F)F)NC(=O)OC(C)(C)C. The first kappa shape index (κ1) is 39.3. The van der Waals surface area contributed by atoms with Gasteiger partial charge in [-0.05, 0) is 26.5 Å². The first-order chi connectivity index (χ1) is 18.2. The fraction of sp³-hybridized carbons (Fsp3) is 0.810. The van der Waals surface area contributed by atoms with Crippen LogP contribution in [0.1, 0.15) is 27.2 Å². The molecule has 0 saturated carbocycles. The number of esters is 1. The molecule has 1 atom stereocenters. The lowest BCUT2D eigenvalue weighted by molar-refractivity contribution is -0.439. The van der Waals surface area contributed by atoms with Gasteiger partial charge in [-0.2, -0.15) is 80.6 Å². The van der Waals surface area contributed by atoms with E-state index in [-0.39, 0.29) is 17.3 Å². The van der Waals surface area contributed by atoms with Crippen molar-refractivity contribution in [2.75, 3.05) is 30.1 Å². The average molecular weight is 668 g/mol. The van der Waals surface area contributed by atoms with Gasteiger partial charge in [0.25, 0.3) is 0 Å². The van der Waals surface area contributed by atoms with Gasteiger partial charge in [0.1, 0.15) is 11.6 Å². The highest BCUT2D eigenvalue weighted by molar-refractivity contribution is 7.99. The van der Waals surface area contributed by atoms with Crippen LogP contribution in [0.4, 0.5) is 61.9 Å². The van der Waals surface area contributed by atoms with Gasteiger partial charge in [-0.1, -0.05) is 12.2 Å². The van der Waals surface area contributed by atoms with E-state index in [2.05, 4.69) is 10.1 Å². The molecule has 0 rings (SSSR count). The van der Waals surface area contributed by atoms with Gasteiger partial charge in [0, 0.05) is 23.7 Å². The molecule has 242 valence electrons. The Labute approximate surface area is 234 Å². The van der Waals surface area contributed by atoms with Crippen LogP contribution >= 0.6 is 23.5 Å². The summed E-state index contributed by atoms with van der Waals surface area (Å²) in [5.41, 5.74) is -0.855. The molecule has 1 amide bonds. The fourth-order valence-electron chi connectivity index (χ4n) is 2.46. The van der Waals surface area contributed by atoms with Crippen LogP contribution in [0.25, 0.3) is 0 Å². The number of carbonyl (C=O) groups excluding carboxylic acids is 2. The Bertz CT molecular complexity index is 907. The van der Waals surface area contributed by atoms with Crippen LogP contribution in [0, 0.1) is 0 Å². The second-order valence-electron chi connectivity index (χ2n) is 9.06. The topological polar surface area (TPSA) is 64.6 Å². The Kier molecular flexibility index (Phi) is 13.6. The summed E-state index contributed by atoms with van der Waals surface area (Å²) in [6.45, 7) is 4.74. The summed E-state index contributed by atoms with van der Waals surface area (Å²) in [7, 11) is 1.07. The number of thioether (sulfide) groups is 2. The Morgan fingerprint density at radius 3 is 1.66 bits per heavy atom. The number of hydrogen-bond acceptors (Lipinski definition) is 6. The standard InChI is InChI=1S/C21H26F13NO4S2/c1-15(2,3)39-14(37)35-12(13(36)38-4)11-41-9-6-5-8-40-10-7-16(22,23)17(24,25)18(26,27)19(28,29)20(30,31)21(32,33)34/h5-6,12H,7-11H2,1-4H3,(H,35,37)/b6-5+/t12-/m0/s1. The normalized spacial score (nSPS) is 15.1. The van der Waals surface area contributed by atoms with Gasteiger partial charge in [-0.15, -0.1) is 0 Å². The molecule has 0 bridgehead atoms. The van der Waals surface area contributed by atoms with Gasteiger partial charge >= 0.3 is 47.9 Å². The predicted molar refractivity (Wildman–Crippen MR) is 124 cm³/mol. The maximum atomic E-state index is 13.7. The van der Waals surface area contributed by atoms with Crippen LogP contribution in [0.5, 0.6) is 0 Å². The average Bonchev–Trinajstić information content (AvgIpc) is 2.79. The lowest BCUT2D eigenvalue weighted by Crippen LogP contribution is -2.70. The summed E-state index contributed by atoms with van der Waals surface area (Å²) in [6.07, 6.45) is -7.96. The van der Waals surface area contributed by atoms with Crippen LogP contribution < -0.4 is 5.32 Å². The second-order valence-corrected chi connectivity index (χ2v) is 11.3. The van der Waals surface area contributed by atoms with Crippen molar-refractivity contribution in [2.45, 2.75) is 74.6 Å². The number of amides is 1. The number of carbonyl (C=O) groups is 2. The summed E-state index contributed by atoms with van der Waals surface area (Å²) < 4.78 is 180. The molecule has 0 aromatic carbocycles. The summed E-state index contributed by atoms with van der Waals surface area (Å²) in [5, 5.41) is 2.29. The Hall–Kier alpha value is -1.73. The molecule has 0 aromatic heterocycles. The van der Waals surface area contributed by atoms with E-state index in [4.69, 9.17) is 4.74 Å². The molecule has 0 unspecified atom stereocenters. The molecular weight excluding hydrogens is 641 g/mol. The van der Waals surface area contributed by atoms with Crippen molar-refractivity contribution in [3.63, 3.8) is 0 Å². The molecule has 0 heterocycles. The van der Waals surface area contributed by atoms with E-state index in [1.807, 2.05) is 0 Å². The number of nitrogens with one attached hydrogen (secondary N) is 1. The molecule has 0 spiro atoms. The molecule has 5 nitrogen and oxygen atoms in total.